The maximum absolute atomic E-state index is 13.5. The third-order valence-electron chi connectivity index (χ3n) is 6.18. The van der Waals surface area contributed by atoms with E-state index in [4.69, 9.17) is 9.84 Å². The molecule has 1 atom stereocenters. The lowest BCUT2D eigenvalue weighted by Crippen LogP contribution is -2.28. The van der Waals surface area contributed by atoms with E-state index in [1.165, 1.54) is 11.8 Å². The van der Waals surface area contributed by atoms with Crippen molar-refractivity contribution >= 4 is 23.4 Å². The van der Waals surface area contributed by atoms with Gasteiger partial charge in [-0.15, -0.1) is 10.2 Å². The van der Waals surface area contributed by atoms with E-state index in [9.17, 15) is 4.79 Å². The molecule has 0 saturated carbocycles. The van der Waals surface area contributed by atoms with Crippen LogP contribution >= 0.6 is 11.8 Å². The Hall–Kier alpha value is -3.91. The Labute approximate surface area is 214 Å². The van der Waals surface area contributed by atoms with E-state index in [1.807, 2.05) is 84.3 Å². The van der Waals surface area contributed by atoms with Crippen molar-refractivity contribution in [1.82, 2.24) is 19.8 Å². The van der Waals surface area contributed by atoms with Crippen molar-refractivity contribution < 1.29 is 9.53 Å². The first-order chi connectivity index (χ1) is 17.6. The predicted octanol–water partition coefficient (Wildman–Crippen LogP) is 5.11. The molecular weight excluding hydrogens is 470 g/mol. The molecule has 4 aromatic rings. The van der Waals surface area contributed by atoms with Crippen molar-refractivity contribution in [2.24, 2.45) is 5.10 Å². The number of amides is 1. The minimum Gasteiger partial charge on any atom is -0.497 e. The SMILES string of the molecule is COc1ccc(C2CC(c3ccccc3)=NN2C(=O)CSc2nnc(C)n2Cc2ccccc2)cc1. The van der Waals surface area contributed by atoms with Crippen LogP contribution in [0.5, 0.6) is 5.75 Å². The first-order valence-electron chi connectivity index (χ1n) is 11.8. The first-order valence-corrected chi connectivity index (χ1v) is 12.8. The van der Waals surface area contributed by atoms with Crippen molar-refractivity contribution in [3.8, 4) is 5.75 Å². The second-order valence-corrected chi connectivity index (χ2v) is 9.48. The molecule has 0 bridgehead atoms. The number of ether oxygens (including phenoxy) is 1. The van der Waals surface area contributed by atoms with E-state index < -0.39 is 0 Å². The fourth-order valence-electron chi connectivity index (χ4n) is 4.24. The van der Waals surface area contributed by atoms with Gasteiger partial charge in [-0.3, -0.25) is 4.79 Å². The number of thioether (sulfide) groups is 1. The van der Waals surface area contributed by atoms with E-state index in [2.05, 4.69) is 22.3 Å². The van der Waals surface area contributed by atoms with Gasteiger partial charge in [0.05, 0.1) is 31.2 Å². The van der Waals surface area contributed by atoms with Gasteiger partial charge in [-0.25, -0.2) is 5.01 Å². The number of hydrazone groups is 1. The smallest absolute Gasteiger partial charge is 0.253 e. The van der Waals surface area contributed by atoms with Crippen molar-refractivity contribution in [3.63, 3.8) is 0 Å². The highest BCUT2D eigenvalue weighted by atomic mass is 32.2. The average Bonchev–Trinajstić information content (AvgIpc) is 3.53. The molecule has 0 fully saturated rings. The number of aryl methyl sites for hydroxylation is 1. The van der Waals surface area contributed by atoms with Crippen LogP contribution in [0.25, 0.3) is 0 Å². The van der Waals surface area contributed by atoms with Crippen LogP contribution < -0.4 is 4.74 Å². The van der Waals surface area contributed by atoms with Gasteiger partial charge < -0.3 is 9.30 Å². The lowest BCUT2D eigenvalue weighted by molar-refractivity contribution is -0.130. The predicted molar refractivity (Wildman–Crippen MR) is 141 cm³/mol. The lowest BCUT2D eigenvalue weighted by atomic mass is 9.98. The Bertz CT molecular complexity index is 1350. The molecule has 2 heterocycles. The van der Waals surface area contributed by atoms with Gasteiger partial charge in [-0.05, 0) is 35.7 Å². The molecule has 0 aliphatic carbocycles. The number of aromatic nitrogens is 3. The van der Waals surface area contributed by atoms with E-state index in [0.29, 0.717) is 13.0 Å². The Morgan fingerprint density at radius 3 is 2.36 bits per heavy atom. The maximum Gasteiger partial charge on any atom is 0.253 e. The molecule has 1 aliphatic rings. The summed E-state index contributed by atoms with van der Waals surface area (Å²) in [6.45, 7) is 2.59. The van der Waals surface area contributed by atoms with Crippen LogP contribution in [0.4, 0.5) is 0 Å². The third kappa shape index (κ3) is 5.18. The largest absolute Gasteiger partial charge is 0.497 e. The van der Waals surface area contributed by atoms with Crippen LogP contribution in [-0.2, 0) is 11.3 Å². The molecule has 1 aliphatic heterocycles. The number of rotatable bonds is 8. The highest BCUT2D eigenvalue weighted by Crippen LogP contribution is 2.34. The van der Waals surface area contributed by atoms with Gasteiger partial charge in [0, 0.05) is 6.42 Å². The molecule has 0 N–H and O–H groups in total. The van der Waals surface area contributed by atoms with Gasteiger partial charge in [0.25, 0.3) is 5.91 Å². The summed E-state index contributed by atoms with van der Waals surface area (Å²) in [6, 6.07) is 27.8. The highest BCUT2D eigenvalue weighted by Gasteiger charge is 2.33. The number of benzene rings is 3. The third-order valence-corrected chi connectivity index (χ3v) is 7.14. The van der Waals surface area contributed by atoms with E-state index in [1.54, 1.807) is 12.1 Å². The lowest BCUT2D eigenvalue weighted by Gasteiger charge is -2.22. The molecule has 36 heavy (non-hydrogen) atoms. The molecule has 7 nitrogen and oxygen atoms in total. The maximum atomic E-state index is 13.5. The van der Waals surface area contributed by atoms with Crippen molar-refractivity contribution in [2.45, 2.75) is 31.1 Å². The number of methoxy groups -OCH3 is 1. The summed E-state index contributed by atoms with van der Waals surface area (Å²) in [5.74, 6) is 1.74. The Balaban J connectivity index is 1.36. The van der Waals surface area contributed by atoms with Gasteiger partial charge in [0.1, 0.15) is 11.6 Å². The van der Waals surface area contributed by atoms with Gasteiger partial charge in [0.15, 0.2) is 5.16 Å². The van der Waals surface area contributed by atoms with Gasteiger partial charge >= 0.3 is 0 Å². The van der Waals surface area contributed by atoms with Gasteiger partial charge in [-0.2, -0.15) is 5.10 Å². The number of hydrogen-bond acceptors (Lipinski definition) is 6. The topological polar surface area (TPSA) is 72.6 Å². The Morgan fingerprint density at radius 1 is 0.972 bits per heavy atom. The second-order valence-electron chi connectivity index (χ2n) is 8.53. The summed E-state index contributed by atoms with van der Waals surface area (Å²) in [6.07, 6.45) is 0.649. The monoisotopic (exact) mass is 497 g/mol. The zero-order chi connectivity index (χ0) is 24.9. The van der Waals surface area contributed by atoms with Crippen molar-refractivity contribution in [2.75, 3.05) is 12.9 Å². The molecule has 5 rings (SSSR count). The van der Waals surface area contributed by atoms with E-state index in [-0.39, 0.29) is 17.7 Å². The zero-order valence-corrected chi connectivity index (χ0v) is 21.1. The van der Waals surface area contributed by atoms with Crippen molar-refractivity contribution in [1.29, 1.82) is 0 Å². The van der Waals surface area contributed by atoms with Crippen LogP contribution in [0, 0.1) is 6.92 Å². The normalized spacial score (nSPS) is 15.1. The molecule has 8 heteroatoms. The van der Waals surface area contributed by atoms with Gasteiger partial charge in [-0.1, -0.05) is 84.6 Å². The number of nitrogens with zero attached hydrogens (tertiary/aromatic N) is 5. The first kappa shape index (κ1) is 23.8. The standard InChI is InChI=1S/C28H27N5O2S/c1-20-29-30-28(32(20)18-21-9-5-3-6-10-21)36-19-27(34)33-26(23-13-15-24(35-2)16-14-23)17-25(31-33)22-11-7-4-8-12-22/h3-16,26H,17-19H2,1-2H3. The molecule has 1 unspecified atom stereocenters. The summed E-state index contributed by atoms with van der Waals surface area (Å²) in [4.78, 5) is 13.5. The van der Waals surface area contributed by atoms with Crippen LogP contribution in [0.2, 0.25) is 0 Å². The Kier molecular flexibility index (Phi) is 7.13. The van der Waals surface area contributed by atoms with Crippen LogP contribution in [0.1, 0.15) is 35.0 Å². The van der Waals surface area contributed by atoms with Crippen LogP contribution in [0.3, 0.4) is 0 Å². The number of hydrogen-bond donors (Lipinski definition) is 0. The molecule has 0 radical (unpaired) electrons. The molecule has 3 aromatic carbocycles. The van der Waals surface area contributed by atoms with Gasteiger partial charge in [0.2, 0.25) is 0 Å². The highest BCUT2D eigenvalue weighted by molar-refractivity contribution is 7.99. The molecule has 0 saturated heterocycles. The summed E-state index contributed by atoms with van der Waals surface area (Å²) in [7, 11) is 1.65. The second kappa shape index (κ2) is 10.8. The zero-order valence-electron chi connectivity index (χ0n) is 20.2. The minimum absolute atomic E-state index is 0.0707. The fraction of sp³-hybridized carbons (Fsp3) is 0.214. The van der Waals surface area contributed by atoms with Crippen LogP contribution in [0.15, 0.2) is 95.2 Å². The summed E-state index contributed by atoms with van der Waals surface area (Å²) in [5.41, 5.74) is 4.10. The van der Waals surface area contributed by atoms with Crippen molar-refractivity contribution in [3.05, 3.63) is 107 Å². The number of carbonyl (C=O) groups excluding carboxylic acids is 1. The Morgan fingerprint density at radius 2 is 1.67 bits per heavy atom. The number of carbonyl (C=O) groups is 1. The summed E-state index contributed by atoms with van der Waals surface area (Å²) >= 11 is 1.39. The molecule has 182 valence electrons. The minimum atomic E-state index is -0.178. The molecule has 1 aromatic heterocycles. The quantitative estimate of drug-likeness (QED) is 0.316. The van der Waals surface area contributed by atoms with Crippen LogP contribution in [-0.4, -0.2) is 44.3 Å². The molecule has 0 spiro atoms. The fourth-order valence-corrected chi connectivity index (χ4v) is 5.08. The summed E-state index contributed by atoms with van der Waals surface area (Å²) < 4.78 is 7.35. The average molecular weight is 498 g/mol. The van der Waals surface area contributed by atoms with E-state index in [0.717, 1.165) is 39.1 Å². The van der Waals surface area contributed by atoms with E-state index >= 15 is 0 Å². The molecule has 1 amide bonds. The summed E-state index contributed by atoms with van der Waals surface area (Å²) in [5, 5.41) is 15.7. The molecular formula is C28H27N5O2S.